The summed E-state index contributed by atoms with van der Waals surface area (Å²) in [5.74, 6) is 0.858. The molecule has 3 atom stereocenters. The van der Waals surface area contributed by atoms with Crippen LogP contribution in [0.5, 0.6) is 0 Å². The van der Waals surface area contributed by atoms with E-state index in [1.807, 2.05) is 12.1 Å². The zero-order chi connectivity index (χ0) is 26.4. The van der Waals surface area contributed by atoms with Gasteiger partial charge in [-0.05, 0) is 80.2 Å². The molecular formula is C28H34F3N3O3. The van der Waals surface area contributed by atoms with Gasteiger partial charge in [-0.3, -0.25) is 14.9 Å². The molecule has 1 amide bonds. The molecular weight excluding hydrogens is 483 g/mol. The molecule has 0 radical (unpaired) electrons. The third-order valence-electron chi connectivity index (χ3n) is 7.76. The van der Waals surface area contributed by atoms with Gasteiger partial charge < -0.3 is 10.2 Å². The number of carbonyl (C=O) groups is 1. The molecule has 37 heavy (non-hydrogen) atoms. The second-order valence-electron chi connectivity index (χ2n) is 10.4. The fourth-order valence-corrected chi connectivity index (χ4v) is 5.78. The lowest BCUT2D eigenvalue weighted by Crippen LogP contribution is -2.44. The number of benzene rings is 2. The highest BCUT2D eigenvalue weighted by molar-refractivity contribution is 5.76. The number of nitrogens with one attached hydrogen (secondary N) is 1. The number of nitrogens with zero attached hydrogens (tertiary/aromatic N) is 2. The molecule has 0 bridgehead atoms. The second kappa shape index (κ2) is 12.0. The van der Waals surface area contributed by atoms with Crippen LogP contribution in [0.25, 0.3) is 0 Å². The van der Waals surface area contributed by atoms with Gasteiger partial charge in [-0.2, -0.15) is 13.2 Å². The van der Waals surface area contributed by atoms with Crippen LogP contribution in [0, 0.1) is 22.0 Å². The summed E-state index contributed by atoms with van der Waals surface area (Å²) in [6, 6.07) is 11.9. The van der Waals surface area contributed by atoms with Crippen LogP contribution >= 0.6 is 0 Å². The van der Waals surface area contributed by atoms with Crippen molar-refractivity contribution in [2.75, 3.05) is 18.0 Å². The van der Waals surface area contributed by atoms with Crippen molar-refractivity contribution in [1.29, 1.82) is 0 Å². The van der Waals surface area contributed by atoms with Crippen molar-refractivity contribution < 1.29 is 22.9 Å². The summed E-state index contributed by atoms with van der Waals surface area (Å²) in [5.41, 5.74) is 1.14. The van der Waals surface area contributed by atoms with Crippen molar-refractivity contribution in [2.24, 2.45) is 11.8 Å². The number of rotatable bonds is 8. The minimum atomic E-state index is -4.36. The van der Waals surface area contributed by atoms with Crippen molar-refractivity contribution in [3.8, 4) is 0 Å². The molecule has 1 N–H and O–H groups in total. The summed E-state index contributed by atoms with van der Waals surface area (Å²) < 4.78 is 38.3. The summed E-state index contributed by atoms with van der Waals surface area (Å²) in [6.45, 7) is 1.84. The highest BCUT2D eigenvalue weighted by atomic mass is 19.4. The third kappa shape index (κ3) is 7.46. The number of piperidine rings is 1. The summed E-state index contributed by atoms with van der Waals surface area (Å²) in [6.07, 6.45) is 3.82. The Morgan fingerprint density at radius 1 is 1.00 bits per heavy atom. The lowest BCUT2D eigenvalue weighted by Gasteiger charge is -2.39. The Hall–Kier alpha value is -3.10. The van der Waals surface area contributed by atoms with Gasteiger partial charge in [0.15, 0.2) is 0 Å². The van der Waals surface area contributed by atoms with E-state index < -0.39 is 11.7 Å². The molecule has 1 aliphatic carbocycles. The first-order valence-electron chi connectivity index (χ1n) is 13.1. The van der Waals surface area contributed by atoms with Crippen LogP contribution in [0.15, 0.2) is 48.5 Å². The Kier molecular flexibility index (Phi) is 8.71. The van der Waals surface area contributed by atoms with Crippen LogP contribution < -0.4 is 10.2 Å². The maximum atomic E-state index is 12.8. The summed E-state index contributed by atoms with van der Waals surface area (Å²) >= 11 is 0. The number of amides is 1. The van der Waals surface area contributed by atoms with Crippen molar-refractivity contribution in [2.45, 2.75) is 70.0 Å². The van der Waals surface area contributed by atoms with Crippen molar-refractivity contribution in [1.82, 2.24) is 5.32 Å². The predicted octanol–water partition coefficient (Wildman–Crippen LogP) is 6.53. The number of nitro groups is 1. The largest absolute Gasteiger partial charge is 0.416 e. The van der Waals surface area contributed by atoms with Gasteiger partial charge in [0, 0.05) is 43.4 Å². The Morgan fingerprint density at radius 2 is 1.70 bits per heavy atom. The number of aryl methyl sites for hydroxylation is 1. The smallest absolute Gasteiger partial charge is 0.371 e. The van der Waals surface area contributed by atoms with Gasteiger partial charge in [0.1, 0.15) is 0 Å². The van der Waals surface area contributed by atoms with Gasteiger partial charge in [0.2, 0.25) is 5.91 Å². The molecule has 0 spiro atoms. The molecule has 2 fully saturated rings. The van der Waals surface area contributed by atoms with E-state index in [0.717, 1.165) is 81.4 Å². The molecule has 1 aliphatic heterocycles. The molecule has 2 aromatic carbocycles. The molecule has 1 saturated heterocycles. The lowest BCUT2D eigenvalue weighted by atomic mass is 9.77. The van der Waals surface area contributed by atoms with Crippen LogP contribution in [0.1, 0.15) is 62.5 Å². The molecule has 2 aliphatic rings. The van der Waals surface area contributed by atoms with E-state index in [2.05, 4.69) is 10.2 Å². The number of halogens is 3. The fourth-order valence-electron chi connectivity index (χ4n) is 5.78. The van der Waals surface area contributed by atoms with E-state index in [4.69, 9.17) is 0 Å². The number of hydrogen-bond donors (Lipinski definition) is 1. The Morgan fingerprint density at radius 3 is 2.38 bits per heavy atom. The minimum Gasteiger partial charge on any atom is -0.371 e. The monoisotopic (exact) mass is 517 g/mol. The van der Waals surface area contributed by atoms with Gasteiger partial charge in [-0.25, -0.2) is 0 Å². The number of alkyl halides is 3. The standard InChI is InChI=1S/C28H34F3N3O3/c29-28(30,31)23-10-7-20(8-11-23)9-16-27(35)32-26-6-2-1-5-22(26)18-21-4-3-17-33(19-21)24-12-14-25(15-13-24)34(36)37/h7-8,10-15,21-22,26H,1-6,9,16-19H2,(H,32,35)/t21?,22-,26+/m0/s1. The fraction of sp³-hybridized carbons (Fsp3) is 0.536. The summed E-state index contributed by atoms with van der Waals surface area (Å²) in [4.78, 5) is 25.6. The first kappa shape index (κ1) is 26.9. The van der Waals surface area contributed by atoms with Gasteiger partial charge in [-0.15, -0.1) is 0 Å². The van der Waals surface area contributed by atoms with E-state index in [9.17, 15) is 28.1 Å². The van der Waals surface area contributed by atoms with Crippen molar-refractivity contribution in [3.63, 3.8) is 0 Å². The number of non-ortho nitro benzene ring substituents is 1. The molecule has 200 valence electrons. The quantitative estimate of drug-likeness (QED) is 0.319. The molecule has 1 unspecified atom stereocenters. The molecule has 6 nitrogen and oxygen atoms in total. The van der Waals surface area contributed by atoms with Crippen LogP contribution in [-0.2, 0) is 17.4 Å². The number of carbonyl (C=O) groups excluding carboxylic acids is 1. The number of hydrogen-bond acceptors (Lipinski definition) is 4. The van der Waals surface area contributed by atoms with Gasteiger partial charge in [0.25, 0.3) is 5.69 Å². The highest BCUT2D eigenvalue weighted by Gasteiger charge is 2.31. The van der Waals surface area contributed by atoms with Gasteiger partial charge in [0.05, 0.1) is 10.5 Å². The Balaban J connectivity index is 1.28. The molecule has 9 heteroatoms. The predicted molar refractivity (Wildman–Crippen MR) is 136 cm³/mol. The van der Waals surface area contributed by atoms with Crippen molar-refractivity contribution in [3.05, 3.63) is 69.8 Å². The Labute approximate surface area is 215 Å². The summed E-state index contributed by atoms with van der Waals surface area (Å²) in [7, 11) is 0. The average Bonchev–Trinajstić information content (AvgIpc) is 2.88. The first-order chi connectivity index (χ1) is 17.7. The zero-order valence-corrected chi connectivity index (χ0v) is 20.9. The first-order valence-corrected chi connectivity index (χ1v) is 13.1. The molecule has 0 aromatic heterocycles. The zero-order valence-electron chi connectivity index (χ0n) is 20.9. The van der Waals surface area contributed by atoms with E-state index in [1.165, 1.54) is 12.1 Å². The summed E-state index contributed by atoms with van der Waals surface area (Å²) in [5, 5.41) is 14.2. The Bertz CT molecular complexity index is 1060. The maximum absolute atomic E-state index is 12.8. The maximum Gasteiger partial charge on any atom is 0.416 e. The third-order valence-corrected chi connectivity index (χ3v) is 7.76. The minimum absolute atomic E-state index is 0.0482. The van der Waals surface area contributed by atoms with Crippen molar-refractivity contribution >= 4 is 17.3 Å². The number of nitro benzene ring substituents is 1. The van der Waals surface area contributed by atoms with Gasteiger partial charge >= 0.3 is 6.18 Å². The van der Waals surface area contributed by atoms with Crippen LogP contribution in [0.2, 0.25) is 0 Å². The van der Waals surface area contributed by atoms with E-state index in [0.29, 0.717) is 18.3 Å². The van der Waals surface area contributed by atoms with E-state index >= 15 is 0 Å². The normalized spacial score (nSPS) is 22.5. The van der Waals surface area contributed by atoms with Crippen LogP contribution in [0.4, 0.5) is 24.5 Å². The molecule has 1 saturated carbocycles. The molecule has 4 rings (SSSR count). The number of anilines is 1. The SMILES string of the molecule is O=C(CCc1ccc(C(F)(F)F)cc1)N[C@@H]1CCCC[C@H]1CC1CCCN(c2ccc([N+](=O)[O-])cc2)C1. The van der Waals surface area contributed by atoms with E-state index in [1.54, 1.807) is 12.1 Å². The molecule has 2 aromatic rings. The average molecular weight is 518 g/mol. The molecule has 1 heterocycles. The topological polar surface area (TPSA) is 75.5 Å². The highest BCUT2D eigenvalue weighted by Crippen LogP contribution is 2.34. The van der Waals surface area contributed by atoms with Crippen LogP contribution in [-0.4, -0.2) is 30.0 Å². The van der Waals surface area contributed by atoms with Gasteiger partial charge in [-0.1, -0.05) is 25.0 Å². The van der Waals surface area contributed by atoms with E-state index in [-0.39, 0.29) is 29.0 Å². The van der Waals surface area contributed by atoms with Crippen LogP contribution in [0.3, 0.4) is 0 Å². The second-order valence-corrected chi connectivity index (χ2v) is 10.4. The lowest BCUT2D eigenvalue weighted by molar-refractivity contribution is -0.384.